The third kappa shape index (κ3) is 4.72. The van der Waals surface area contributed by atoms with Crippen LogP contribution in [-0.4, -0.2) is 43.4 Å². The highest BCUT2D eigenvalue weighted by Gasteiger charge is 2.32. The molecule has 0 radical (unpaired) electrons. The summed E-state index contributed by atoms with van der Waals surface area (Å²) in [5.74, 6) is 0.469. The summed E-state index contributed by atoms with van der Waals surface area (Å²) in [6.07, 6.45) is 3.24. The standard InChI is InChI=1S/C19H22ClN3O3/c1-25-19(7-9-26-10-8-19)13-22-17-6-5-14(12-21-17)18(24)23-16-4-2-3-15(20)11-16/h2-6,11-12H,7-10,13H2,1H3,(H,21,22)(H,23,24). The van der Waals surface area contributed by atoms with Crippen molar-refractivity contribution >= 4 is 29.0 Å². The van der Waals surface area contributed by atoms with Crippen LogP contribution in [0, 0.1) is 0 Å². The SMILES string of the molecule is COC1(CNc2ccc(C(=O)Nc3cccc(Cl)c3)cn2)CCOCC1. The van der Waals surface area contributed by atoms with Gasteiger partial charge in [-0.2, -0.15) is 0 Å². The number of aromatic nitrogens is 1. The van der Waals surface area contributed by atoms with Crippen molar-refractivity contribution < 1.29 is 14.3 Å². The molecule has 6 nitrogen and oxygen atoms in total. The Morgan fingerprint density at radius 2 is 2.12 bits per heavy atom. The van der Waals surface area contributed by atoms with Crippen LogP contribution in [0.1, 0.15) is 23.2 Å². The van der Waals surface area contributed by atoms with E-state index in [2.05, 4.69) is 15.6 Å². The number of ether oxygens (including phenoxy) is 2. The van der Waals surface area contributed by atoms with E-state index in [1.54, 1.807) is 49.7 Å². The van der Waals surface area contributed by atoms with Gasteiger partial charge in [0.05, 0.1) is 11.2 Å². The minimum atomic E-state index is -0.234. The Morgan fingerprint density at radius 3 is 2.77 bits per heavy atom. The molecule has 1 aromatic heterocycles. The number of halogens is 1. The van der Waals surface area contributed by atoms with E-state index in [4.69, 9.17) is 21.1 Å². The van der Waals surface area contributed by atoms with Gasteiger partial charge in [-0.3, -0.25) is 4.79 Å². The molecule has 0 aliphatic carbocycles. The largest absolute Gasteiger partial charge is 0.381 e. The van der Waals surface area contributed by atoms with Crippen molar-refractivity contribution in [2.75, 3.05) is 37.5 Å². The third-order valence-corrected chi connectivity index (χ3v) is 4.77. The number of hydrogen-bond donors (Lipinski definition) is 2. The van der Waals surface area contributed by atoms with E-state index in [0.29, 0.717) is 41.8 Å². The van der Waals surface area contributed by atoms with E-state index in [0.717, 1.165) is 12.8 Å². The fourth-order valence-electron chi connectivity index (χ4n) is 2.85. The first-order valence-corrected chi connectivity index (χ1v) is 8.88. The molecule has 138 valence electrons. The molecule has 7 heteroatoms. The number of hydrogen-bond acceptors (Lipinski definition) is 5. The summed E-state index contributed by atoms with van der Waals surface area (Å²) in [7, 11) is 1.73. The summed E-state index contributed by atoms with van der Waals surface area (Å²) in [6.45, 7) is 2.05. The van der Waals surface area contributed by atoms with Crippen LogP contribution in [0.3, 0.4) is 0 Å². The molecule has 0 unspecified atom stereocenters. The molecule has 1 saturated heterocycles. The molecule has 1 aromatic carbocycles. The van der Waals surface area contributed by atoms with Crippen molar-refractivity contribution in [2.24, 2.45) is 0 Å². The first-order valence-electron chi connectivity index (χ1n) is 8.50. The summed E-state index contributed by atoms with van der Waals surface area (Å²) in [4.78, 5) is 16.6. The topological polar surface area (TPSA) is 72.5 Å². The van der Waals surface area contributed by atoms with Crippen LogP contribution in [0.4, 0.5) is 11.5 Å². The average Bonchev–Trinajstić information content (AvgIpc) is 2.67. The molecule has 26 heavy (non-hydrogen) atoms. The average molecular weight is 376 g/mol. The molecule has 0 atom stereocenters. The second-order valence-corrected chi connectivity index (χ2v) is 6.69. The van der Waals surface area contributed by atoms with E-state index < -0.39 is 0 Å². The van der Waals surface area contributed by atoms with Gasteiger partial charge in [0, 0.05) is 56.6 Å². The number of anilines is 2. The molecule has 1 aliphatic rings. The molecule has 2 aromatic rings. The minimum absolute atomic E-state index is 0.232. The highest BCUT2D eigenvalue weighted by molar-refractivity contribution is 6.30. The lowest BCUT2D eigenvalue weighted by Gasteiger charge is -2.36. The predicted molar refractivity (Wildman–Crippen MR) is 102 cm³/mol. The molecule has 2 heterocycles. The number of benzene rings is 1. The van der Waals surface area contributed by atoms with Crippen molar-refractivity contribution in [3.05, 3.63) is 53.2 Å². The molecule has 1 fully saturated rings. The number of rotatable bonds is 6. The van der Waals surface area contributed by atoms with Crippen LogP contribution in [0.15, 0.2) is 42.6 Å². The fourth-order valence-corrected chi connectivity index (χ4v) is 3.04. The third-order valence-electron chi connectivity index (χ3n) is 4.54. The number of pyridine rings is 1. The van der Waals surface area contributed by atoms with Gasteiger partial charge in [-0.15, -0.1) is 0 Å². The Hall–Kier alpha value is -2.15. The highest BCUT2D eigenvalue weighted by Crippen LogP contribution is 2.25. The van der Waals surface area contributed by atoms with Crippen molar-refractivity contribution in [3.8, 4) is 0 Å². The predicted octanol–water partition coefficient (Wildman–Crippen LogP) is 3.59. The van der Waals surface area contributed by atoms with Crippen molar-refractivity contribution in [1.29, 1.82) is 0 Å². The van der Waals surface area contributed by atoms with Crippen molar-refractivity contribution in [3.63, 3.8) is 0 Å². The lowest BCUT2D eigenvalue weighted by atomic mass is 9.94. The molecule has 0 saturated carbocycles. The highest BCUT2D eigenvalue weighted by atomic mass is 35.5. The Morgan fingerprint density at radius 1 is 1.31 bits per heavy atom. The van der Waals surface area contributed by atoms with Crippen LogP contribution in [0.5, 0.6) is 0 Å². The van der Waals surface area contributed by atoms with Crippen LogP contribution < -0.4 is 10.6 Å². The minimum Gasteiger partial charge on any atom is -0.381 e. The van der Waals surface area contributed by atoms with Gasteiger partial charge < -0.3 is 20.1 Å². The van der Waals surface area contributed by atoms with E-state index in [1.165, 1.54) is 0 Å². The van der Waals surface area contributed by atoms with Crippen LogP contribution in [0.2, 0.25) is 5.02 Å². The molecule has 3 rings (SSSR count). The second kappa shape index (κ2) is 8.49. The van der Waals surface area contributed by atoms with Gasteiger partial charge in [0.1, 0.15) is 5.82 Å². The van der Waals surface area contributed by atoms with E-state index in [1.807, 2.05) is 0 Å². The Balaban J connectivity index is 1.58. The molecule has 0 bridgehead atoms. The monoisotopic (exact) mass is 375 g/mol. The second-order valence-electron chi connectivity index (χ2n) is 6.25. The number of nitrogens with zero attached hydrogens (tertiary/aromatic N) is 1. The van der Waals surface area contributed by atoms with Crippen molar-refractivity contribution in [2.45, 2.75) is 18.4 Å². The number of carbonyl (C=O) groups excluding carboxylic acids is 1. The maximum Gasteiger partial charge on any atom is 0.257 e. The molecule has 2 N–H and O–H groups in total. The number of carbonyl (C=O) groups is 1. The smallest absolute Gasteiger partial charge is 0.257 e. The zero-order valence-electron chi connectivity index (χ0n) is 14.6. The van der Waals surface area contributed by atoms with Gasteiger partial charge >= 0.3 is 0 Å². The molecule has 0 spiro atoms. The van der Waals surface area contributed by atoms with E-state index in [-0.39, 0.29) is 11.5 Å². The quantitative estimate of drug-likeness (QED) is 0.807. The Kier molecular flexibility index (Phi) is 6.08. The fraction of sp³-hybridized carbons (Fsp3) is 0.368. The zero-order valence-corrected chi connectivity index (χ0v) is 15.4. The maximum absolute atomic E-state index is 12.3. The first-order chi connectivity index (χ1) is 12.6. The lowest BCUT2D eigenvalue weighted by molar-refractivity contribution is -0.0807. The molecule has 1 aliphatic heterocycles. The molecular formula is C19H22ClN3O3. The summed E-state index contributed by atoms with van der Waals surface area (Å²) < 4.78 is 11.1. The Bertz CT molecular complexity index is 746. The summed E-state index contributed by atoms with van der Waals surface area (Å²) >= 11 is 5.93. The van der Waals surface area contributed by atoms with Gasteiger partial charge in [0.15, 0.2) is 0 Å². The zero-order chi connectivity index (χ0) is 18.4. The summed E-state index contributed by atoms with van der Waals surface area (Å²) in [5, 5.41) is 6.66. The maximum atomic E-state index is 12.3. The van der Waals surface area contributed by atoms with Gasteiger partial charge in [0.2, 0.25) is 0 Å². The van der Waals surface area contributed by atoms with E-state index in [9.17, 15) is 4.79 Å². The molecule has 1 amide bonds. The lowest BCUT2D eigenvalue weighted by Crippen LogP contribution is -2.44. The van der Waals surface area contributed by atoms with Crippen LogP contribution >= 0.6 is 11.6 Å². The van der Waals surface area contributed by atoms with Gasteiger partial charge in [0.25, 0.3) is 5.91 Å². The van der Waals surface area contributed by atoms with Crippen LogP contribution in [-0.2, 0) is 9.47 Å². The number of methoxy groups -OCH3 is 1. The number of amides is 1. The summed E-state index contributed by atoms with van der Waals surface area (Å²) in [5.41, 5.74) is 0.886. The molecular weight excluding hydrogens is 354 g/mol. The first kappa shape index (κ1) is 18.6. The van der Waals surface area contributed by atoms with Crippen molar-refractivity contribution in [1.82, 2.24) is 4.98 Å². The number of nitrogens with one attached hydrogen (secondary N) is 2. The summed E-state index contributed by atoms with van der Waals surface area (Å²) in [6, 6.07) is 10.5. The van der Waals surface area contributed by atoms with Gasteiger partial charge in [-0.1, -0.05) is 17.7 Å². The van der Waals surface area contributed by atoms with Gasteiger partial charge in [-0.05, 0) is 30.3 Å². The van der Waals surface area contributed by atoms with Crippen LogP contribution in [0.25, 0.3) is 0 Å². The van der Waals surface area contributed by atoms with E-state index >= 15 is 0 Å². The Labute approximate surface area is 157 Å². The normalized spacial score (nSPS) is 16.1. The van der Waals surface area contributed by atoms with Gasteiger partial charge in [-0.25, -0.2) is 4.98 Å².